The Morgan fingerprint density at radius 3 is 2.47 bits per heavy atom. The first-order valence-corrected chi connectivity index (χ1v) is 6.81. The van der Waals surface area contributed by atoms with Gasteiger partial charge in [0.1, 0.15) is 18.0 Å². The summed E-state index contributed by atoms with van der Waals surface area (Å²) in [5.74, 6) is -0.764. The van der Waals surface area contributed by atoms with Crippen molar-refractivity contribution in [3.05, 3.63) is 35.6 Å². The number of halogens is 1. The summed E-state index contributed by atoms with van der Waals surface area (Å²) in [6, 6.07) is 6.29. The summed E-state index contributed by atoms with van der Waals surface area (Å²) in [6.07, 6.45) is 5.43. The van der Waals surface area contributed by atoms with Gasteiger partial charge in [-0.15, -0.1) is 0 Å². The molecule has 0 heterocycles. The molecule has 2 rings (SSSR count). The van der Waals surface area contributed by atoms with Crippen LogP contribution in [-0.2, 0) is 16.1 Å². The minimum atomic E-state index is -0.887. The van der Waals surface area contributed by atoms with Crippen LogP contribution >= 0.6 is 0 Å². The molecule has 3 nitrogen and oxygen atoms in total. The lowest BCUT2D eigenvalue weighted by Crippen LogP contribution is -2.48. The molecule has 1 aliphatic carbocycles. The van der Waals surface area contributed by atoms with Crippen LogP contribution in [0.15, 0.2) is 24.3 Å². The quantitative estimate of drug-likeness (QED) is 0.675. The van der Waals surface area contributed by atoms with E-state index in [0.717, 1.165) is 25.7 Å². The van der Waals surface area contributed by atoms with Crippen molar-refractivity contribution >= 4 is 5.97 Å². The van der Waals surface area contributed by atoms with Crippen LogP contribution < -0.4 is 5.73 Å². The van der Waals surface area contributed by atoms with E-state index in [2.05, 4.69) is 0 Å². The Kier molecular flexibility index (Phi) is 4.53. The molecule has 2 N–H and O–H groups in total. The van der Waals surface area contributed by atoms with E-state index in [0.29, 0.717) is 18.4 Å². The van der Waals surface area contributed by atoms with E-state index in [1.165, 1.54) is 6.07 Å². The minimum Gasteiger partial charge on any atom is -0.459 e. The molecule has 1 fully saturated rings. The number of nitrogens with two attached hydrogens (primary N) is 1. The Balaban J connectivity index is 1.95. The van der Waals surface area contributed by atoms with Crippen LogP contribution in [0.3, 0.4) is 0 Å². The molecule has 1 saturated carbocycles. The van der Waals surface area contributed by atoms with Crippen LogP contribution in [-0.4, -0.2) is 11.5 Å². The van der Waals surface area contributed by atoms with Crippen LogP contribution in [0.1, 0.15) is 44.1 Å². The summed E-state index contributed by atoms with van der Waals surface area (Å²) in [4.78, 5) is 12.1. The van der Waals surface area contributed by atoms with E-state index >= 15 is 0 Å². The van der Waals surface area contributed by atoms with Crippen molar-refractivity contribution in [3.8, 4) is 0 Å². The van der Waals surface area contributed by atoms with Gasteiger partial charge in [0.2, 0.25) is 0 Å². The van der Waals surface area contributed by atoms with Crippen LogP contribution in [0, 0.1) is 5.82 Å². The Hall–Kier alpha value is -1.42. The van der Waals surface area contributed by atoms with Gasteiger partial charge in [-0.3, -0.25) is 4.79 Å². The van der Waals surface area contributed by atoms with Gasteiger partial charge in [-0.2, -0.15) is 0 Å². The van der Waals surface area contributed by atoms with Crippen LogP contribution in [0.25, 0.3) is 0 Å². The number of hydrogen-bond donors (Lipinski definition) is 1. The fourth-order valence-corrected chi connectivity index (χ4v) is 2.47. The molecule has 0 unspecified atom stereocenters. The van der Waals surface area contributed by atoms with Gasteiger partial charge in [0.05, 0.1) is 0 Å². The van der Waals surface area contributed by atoms with Gasteiger partial charge >= 0.3 is 5.97 Å². The van der Waals surface area contributed by atoms with Crippen molar-refractivity contribution in [2.45, 2.75) is 50.7 Å². The number of rotatable bonds is 3. The maximum atomic E-state index is 13.4. The summed E-state index contributed by atoms with van der Waals surface area (Å²) in [5.41, 5.74) is 5.63. The van der Waals surface area contributed by atoms with Crippen LogP contribution in [0.5, 0.6) is 0 Å². The topological polar surface area (TPSA) is 52.3 Å². The predicted molar refractivity (Wildman–Crippen MR) is 70.8 cm³/mol. The summed E-state index contributed by atoms with van der Waals surface area (Å²) in [7, 11) is 0. The van der Waals surface area contributed by atoms with Gasteiger partial charge in [-0.05, 0) is 18.9 Å². The summed E-state index contributed by atoms with van der Waals surface area (Å²) in [5, 5.41) is 0. The van der Waals surface area contributed by atoms with E-state index in [-0.39, 0.29) is 12.4 Å². The fraction of sp³-hybridized carbons (Fsp3) is 0.533. The molecule has 0 aromatic heterocycles. The first kappa shape index (κ1) is 14.0. The second-order valence-corrected chi connectivity index (χ2v) is 5.24. The standard InChI is InChI=1S/C15H20FNO2/c16-13-8-4-3-7-12(13)11-19-14(18)15(17)9-5-1-2-6-10-15/h3-4,7-8H,1-2,5-6,9-11,17H2. The highest BCUT2D eigenvalue weighted by molar-refractivity contribution is 5.80. The highest BCUT2D eigenvalue weighted by Crippen LogP contribution is 2.26. The van der Waals surface area contributed by atoms with E-state index in [4.69, 9.17) is 10.5 Å². The van der Waals surface area contributed by atoms with Crippen molar-refractivity contribution in [1.82, 2.24) is 0 Å². The molecule has 0 atom stereocenters. The van der Waals surface area contributed by atoms with Gasteiger partial charge in [-0.1, -0.05) is 43.9 Å². The molecule has 0 bridgehead atoms. The molecule has 4 heteroatoms. The summed E-state index contributed by atoms with van der Waals surface area (Å²) in [6.45, 7) is -0.0511. The Labute approximate surface area is 112 Å². The molecule has 0 saturated heterocycles. The number of hydrogen-bond acceptors (Lipinski definition) is 3. The highest BCUT2D eigenvalue weighted by atomic mass is 19.1. The third kappa shape index (κ3) is 3.53. The zero-order valence-corrected chi connectivity index (χ0v) is 11.0. The minimum absolute atomic E-state index is 0.0511. The second kappa shape index (κ2) is 6.15. The van der Waals surface area contributed by atoms with Gasteiger partial charge in [0.25, 0.3) is 0 Å². The average molecular weight is 265 g/mol. The third-order valence-corrected chi connectivity index (χ3v) is 3.72. The van der Waals surface area contributed by atoms with Crippen LogP contribution in [0.4, 0.5) is 4.39 Å². The maximum Gasteiger partial charge on any atom is 0.326 e. The zero-order valence-electron chi connectivity index (χ0n) is 11.0. The van der Waals surface area contributed by atoms with Gasteiger partial charge in [0.15, 0.2) is 0 Å². The smallest absolute Gasteiger partial charge is 0.326 e. The fourth-order valence-electron chi connectivity index (χ4n) is 2.47. The first-order valence-electron chi connectivity index (χ1n) is 6.81. The lowest BCUT2D eigenvalue weighted by Gasteiger charge is -2.25. The third-order valence-electron chi connectivity index (χ3n) is 3.72. The number of carbonyl (C=O) groups is 1. The van der Waals surface area contributed by atoms with E-state index in [1.807, 2.05) is 0 Å². The Bertz CT molecular complexity index is 440. The lowest BCUT2D eigenvalue weighted by molar-refractivity contribution is -0.152. The SMILES string of the molecule is NC1(C(=O)OCc2ccccc2F)CCCCCC1. The zero-order chi connectivity index (χ0) is 13.7. The van der Waals surface area contributed by atoms with Crippen molar-refractivity contribution in [2.75, 3.05) is 0 Å². The first-order chi connectivity index (χ1) is 9.12. The lowest BCUT2D eigenvalue weighted by atomic mass is 9.92. The van der Waals surface area contributed by atoms with Crippen LogP contribution in [0.2, 0.25) is 0 Å². The van der Waals surface area contributed by atoms with Gasteiger partial charge < -0.3 is 10.5 Å². The molecule has 0 amide bonds. The van der Waals surface area contributed by atoms with E-state index in [1.54, 1.807) is 18.2 Å². The van der Waals surface area contributed by atoms with E-state index < -0.39 is 11.5 Å². The molecule has 1 aromatic rings. The molecule has 0 radical (unpaired) electrons. The molecule has 0 aliphatic heterocycles. The predicted octanol–water partition coefficient (Wildman–Crippen LogP) is 2.92. The van der Waals surface area contributed by atoms with Crippen molar-refractivity contribution < 1.29 is 13.9 Å². The number of benzene rings is 1. The highest BCUT2D eigenvalue weighted by Gasteiger charge is 2.35. The number of carbonyl (C=O) groups excluding carboxylic acids is 1. The average Bonchev–Trinajstić information content (AvgIpc) is 2.63. The maximum absolute atomic E-state index is 13.4. The molecular formula is C15H20FNO2. The summed E-state index contributed by atoms with van der Waals surface area (Å²) >= 11 is 0. The van der Waals surface area contributed by atoms with Gasteiger partial charge in [0, 0.05) is 5.56 Å². The number of esters is 1. The van der Waals surface area contributed by atoms with E-state index in [9.17, 15) is 9.18 Å². The molecule has 1 aromatic carbocycles. The molecule has 104 valence electrons. The molecular weight excluding hydrogens is 245 g/mol. The van der Waals surface area contributed by atoms with Crippen molar-refractivity contribution in [1.29, 1.82) is 0 Å². The van der Waals surface area contributed by atoms with Gasteiger partial charge in [-0.25, -0.2) is 4.39 Å². The molecule has 19 heavy (non-hydrogen) atoms. The Morgan fingerprint density at radius 1 is 1.21 bits per heavy atom. The summed E-state index contributed by atoms with van der Waals surface area (Å²) < 4.78 is 18.6. The second-order valence-electron chi connectivity index (χ2n) is 5.24. The van der Waals surface area contributed by atoms with Crippen molar-refractivity contribution in [3.63, 3.8) is 0 Å². The van der Waals surface area contributed by atoms with Crippen molar-refractivity contribution in [2.24, 2.45) is 5.73 Å². The molecule has 1 aliphatic rings. The normalized spacial score (nSPS) is 18.6. The monoisotopic (exact) mass is 265 g/mol. The molecule has 0 spiro atoms. The number of ether oxygens (including phenoxy) is 1. The Morgan fingerprint density at radius 2 is 1.84 bits per heavy atom. The largest absolute Gasteiger partial charge is 0.459 e.